The van der Waals surface area contributed by atoms with Crippen LogP contribution in [0.2, 0.25) is 0 Å². The van der Waals surface area contributed by atoms with Gasteiger partial charge in [-0.2, -0.15) is 0 Å². The van der Waals surface area contributed by atoms with Gasteiger partial charge >= 0.3 is 5.97 Å². The average Bonchev–Trinajstić information content (AvgIpc) is 3.30. The molecular formula is C28H28N2O4S. The van der Waals surface area contributed by atoms with E-state index in [4.69, 9.17) is 9.47 Å². The summed E-state index contributed by atoms with van der Waals surface area (Å²) in [6, 6.07) is 17.6. The predicted octanol–water partition coefficient (Wildman–Crippen LogP) is 6.60. The summed E-state index contributed by atoms with van der Waals surface area (Å²) in [6.45, 7) is 8.00. The maximum atomic E-state index is 12.7. The summed E-state index contributed by atoms with van der Waals surface area (Å²) < 4.78 is 12.6. The van der Waals surface area contributed by atoms with E-state index in [-0.39, 0.29) is 17.9 Å². The first-order chi connectivity index (χ1) is 16.8. The smallest absolute Gasteiger partial charge is 0.344 e. The number of aryl methyl sites for hydroxylation is 2. The number of ether oxygens (including phenoxy) is 2. The molecule has 0 amide bonds. The molecule has 7 heteroatoms. The number of carbonyl (C=O) groups is 1. The lowest BCUT2D eigenvalue weighted by molar-refractivity contribution is -0.138. The van der Waals surface area contributed by atoms with Gasteiger partial charge in [-0.25, -0.2) is 9.79 Å². The zero-order valence-corrected chi connectivity index (χ0v) is 21.3. The van der Waals surface area contributed by atoms with Crippen LogP contribution in [-0.2, 0) is 9.53 Å². The van der Waals surface area contributed by atoms with Crippen LogP contribution in [0, 0.1) is 20.8 Å². The van der Waals surface area contributed by atoms with E-state index in [1.54, 1.807) is 14.0 Å². The summed E-state index contributed by atoms with van der Waals surface area (Å²) in [7, 11) is 1.64. The molecule has 0 fully saturated rings. The molecule has 4 rings (SSSR count). The summed E-state index contributed by atoms with van der Waals surface area (Å²) in [6.07, 6.45) is 1.89. The Kier molecular flexibility index (Phi) is 7.17. The number of carbonyl (C=O) groups excluding carboxylic acids is 1. The standard InChI is InChI=1S/C28H28N2O4S/c1-6-34-28(32)25-26(31)24(35-27(25)29-21-9-7-17(2)8-10-21)16-20-15-18(3)30(19(20)4)22-11-13-23(33-5)14-12-22/h7-16,31H,6H2,1-5H3/b24-16-,29-27?. The Balaban J connectivity index is 1.75. The van der Waals surface area contributed by atoms with E-state index in [2.05, 4.69) is 15.6 Å². The minimum absolute atomic E-state index is 0.0904. The number of methoxy groups -OCH3 is 1. The van der Waals surface area contributed by atoms with Crippen molar-refractivity contribution in [1.29, 1.82) is 0 Å². The second-order valence-corrected chi connectivity index (χ2v) is 9.20. The maximum absolute atomic E-state index is 12.7. The van der Waals surface area contributed by atoms with Crippen LogP contribution in [0.25, 0.3) is 11.8 Å². The number of esters is 1. The molecule has 35 heavy (non-hydrogen) atoms. The predicted molar refractivity (Wildman–Crippen MR) is 142 cm³/mol. The Morgan fingerprint density at radius 1 is 1.09 bits per heavy atom. The molecule has 3 aromatic rings. The van der Waals surface area contributed by atoms with Crippen molar-refractivity contribution < 1.29 is 19.4 Å². The Bertz CT molecular complexity index is 1350. The Morgan fingerprint density at radius 2 is 1.77 bits per heavy atom. The first-order valence-corrected chi connectivity index (χ1v) is 12.1. The first-order valence-electron chi connectivity index (χ1n) is 11.3. The van der Waals surface area contributed by atoms with Crippen molar-refractivity contribution in [2.75, 3.05) is 13.7 Å². The zero-order valence-electron chi connectivity index (χ0n) is 20.5. The first kappa shape index (κ1) is 24.4. The normalized spacial score (nSPS) is 15.8. The van der Waals surface area contributed by atoms with E-state index < -0.39 is 5.97 Å². The van der Waals surface area contributed by atoms with Gasteiger partial charge in [0.1, 0.15) is 22.1 Å². The minimum atomic E-state index is -0.588. The highest BCUT2D eigenvalue weighted by molar-refractivity contribution is 8.18. The van der Waals surface area contributed by atoms with Gasteiger partial charge in [0, 0.05) is 17.1 Å². The van der Waals surface area contributed by atoms with Crippen LogP contribution in [0.1, 0.15) is 29.4 Å². The van der Waals surface area contributed by atoms with Gasteiger partial charge in [-0.3, -0.25) is 0 Å². The number of aliphatic imine (C=N–C) groups is 1. The highest BCUT2D eigenvalue weighted by Gasteiger charge is 2.33. The van der Waals surface area contributed by atoms with E-state index in [9.17, 15) is 9.90 Å². The molecule has 180 valence electrons. The highest BCUT2D eigenvalue weighted by atomic mass is 32.2. The molecule has 0 aliphatic carbocycles. The van der Waals surface area contributed by atoms with Gasteiger partial charge in [0.25, 0.3) is 0 Å². The van der Waals surface area contributed by atoms with Gasteiger partial charge in [0.15, 0.2) is 0 Å². The molecule has 0 unspecified atom stereocenters. The molecule has 1 N–H and O–H groups in total. The van der Waals surface area contributed by atoms with Crippen molar-refractivity contribution in [2.45, 2.75) is 27.7 Å². The van der Waals surface area contributed by atoms with Crippen molar-refractivity contribution in [1.82, 2.24) is 4.57 Å². The van der Waals surface area contributed by atoms with Gasteiger partial charge in [-0.1, -0.05) is 29.5 Å². The van der Waals surface area contributed by atoms with Crippen molar-refractivity contribution in [3.8, 4) is 11.4 Å². The molecule has 2 aromatic carbocycles. The van der Waals surface area contributed by atoms with Crippen LogP contribution in [-0.4, -0.2) is 34.4 Å². The zero-order chi connectivity index (χ0) is 25.1. The Labute approximate surface area is 209 Å². The molecule has 0 spiro atoms. The van der Waals surface area contributed by atoms with Gasteiger partial charge in [0.05, 0.1) is 24.3 Å². The lowest BCUT2D eigenvalue weighted by Gasteiger charge is -2.10. The van der Waals surface area contributed by atoms with Gasteiger partial charge < -0.3 is 19.1 Å². The van der Waals surface area contributed by atoms with E-state index in [1.165, 1.54) is 11.8 Å². The third-order valence-electron chi connectivity index (χ3n) is 5.72. The third kappa shape index (κ3) is 5.05. The highest BCUT2D eigenvalue weighted by Crippen LogP contribution is 2.41. The second kappa shape index (κ2) is 10.3. The van der Waals surface area contributed by atoms with Crippen molar-refractivity contribution in [3.05, 3.63) is 93.3 Å². The molecule has 1 aliphatic rings. The minimum Gasteiger partial charge on any atom is -0.506 e. The molecule has 1 aliphatic heterocycles. The van der Waals surface area contributed by atoms with Crippen molar-refractivity contribution in [2.24, 2.45) is 4.99 Å². The van der Waals surface area contributed by atoms with Gasteiger partial charge in [-0.05, 0) is 81.8 Å². The molecule has 1 aromatic heterocycles. The fourth-order valence-electron chi connectivity index (χ4n) is 3.93. The number of aliphatic hydroxyl groups excluding tert-OH is 1. The number of hydrogen-bond donors (Lipinski definition) is 1. The summed E-state index contributed by atoms with van der Waals surface area (Å²) in [5.74, 6) is 0.0897. The van der Waals surface area contributed by atoms with E-state index >= 15 is 0 Å². The number of hydrogen-bond acceptors (Lipinski definition) is 6. The third-order valence-corrected chi connectivity index (χ3v) is 6.74. The van der Waals surface area contributed by atoms with E-state index in [0.717, 1.165) is 34.0 Å². The van der Waals surface area contributed by atoms with Crippen molar-refractivity contribution >= 4 is 34.5 Å². The molecule has 0 bridgehead atoms. The Morgan fingerprint density at radius 3 is 2.40 bits per heavy atom. The average molecular weight is 489 g/mol. The molecule has 2 heterocycles. The van der Waals surface area contributed by atoms with Crippen LogP contribution in [0.4, 0.5) is 5.69 Å². The number of benzene rings is 2. The summed E-state index contributed by atoms with van der Waals surface area (Å²) >= 11 is 1.26. The van der Waals surface area contributed by atoms with E-state index in [0.29, 0.717) is 15.6 Å². The monoisotopic (exact) mass is 488 g/mol. The van der Waals surface area contributed by atoms with Crippen LogP contribution >= 0.6 is 11.8 Å². The molecule has 0 radical (unpaired) electrons. The maximum Gasteiger partial charge on any atom is 0.344 e. The molecule has 0 atom stereocenters. The fourth-order valence-corrected chi connectivity index (χ4v) is 4.96. The number of rotatable bonds is 6. The molecule has 6 nitrogen and oxygen atoms in total. The molecular weight excluding hydrogens is 460 g/mol. The molecule has 0 saturated heterocycles. The number of thioether (sulfide) groups is 1. The van der Waals surface area contributed by atoms with Crippen LogP contribution in [0.15, 0.2) is 75.8 Å². The molecule has 0 saturated carbocycles. The van der Waals surface area contributed by atoms with Crippen LogP contribution < -0.4 is 4.74 Å². The topological polar surface area (TPSA) is 73.0 Å². The lowest BCUT2D eigenvalue weighted by Crippen LogP contribution is -2.12. The second-order valence-electron chi connectivity index (χ2n) is 8.17. The van der Waals surface area contributed by atoms with Gasteiger partial charge in [0.2, 0.25) is 0 Å². The summed E-state index contributed by atoms with van der Waals surface area (Å²) in [5, 5.41) is 11.4. The fraction of sp³-hybridized carbons (Fsp3) is 0.214. The number of nitrogens with zero attached hydrogens (tertiary/aromatic N) is 2. The number of aromatic nitrogens is 1. The van der Waals surface area contributed by atoms with Crippen LogP contribution in [0.3, 0.4) is 0 Å². The summed E-state index contributed by atoms with van der Waals surface area (Å²) in [5.41, 5.74) is 5.91. The van der Waals surface area contributed by atoms with Crippen LogP contribution in [0.5, 0.6) is 5.75 Å². The Hall–Kier alpha value is -3.71. The summed E-state index contributed by atoms with van der Waals surface area (Å²) in [4.78, 5) is 17.9. The largest absolute Gasteiger partial charge is 0.506 e. The lowest BCUT2D eigenvalue weighted by atomic mass is 10.1. The SMILES string of the molecule is CCOC(=O)C1=C(O)/C(=C/c2cc(C)n(-c3ccc(OC)cc3)c2C)SC1=Nc1ccc(C)cc1. The van der Waals surface area contributed by atoms with E-state index in [1.807, 2.05) is 75.4 Å². The van der Waals surface area contributed by atoms with Crippen molar-refractivity contribution in [3.63, 3.8) is 0 Å². The number of aliphatic hydroxyl groups is 1. The quantitative estimate of drug-likeness (QED) is 0.396. The van der Waals surface area contributed by atoms with Gasteiger partial charge in [-0.15, -0.1) is 0 Å².